The van der Waals surface area contributed by atoms with Crippen LogP contribution in [0.1, 0.15) is 18.9 Å². The van der Waals surface area contributed by atoms with Crippen LogP contribution in [0.3, 0.4) is 0 Å². The van der Waals surface area contributed by atoms with Gasteiger partial charge < -0.3 is 14.9 Å². The first-order chi connectivity index (χ1) is 11.5. The number of hydrogen-bond donors (Lipinski definition) is 2. The number of pyridine rings is 1. The fourth-order valence-corrected chi connectivity index (χ4v) is 3.52. The van der Waals surface area contributed by atoms with Gasteiger partial charge in [-0.25, -0.2) is 0 Å². The molecule has 1 aromatic carbocycles. The molecule has 1 saturated heterocycles. The second-order valence-corrected chi connectivity index (χ2v) is 6.65. The summed E-state index contributed by atoms with van der Waals surface area (Å²) < 4.78 is 2.06. The number of fused-ring (bicyclic) bond motifs is 1. The molecule has 122 valence electrons. The first kappa shape index (κ1) is 14.8. The number of aromatic amines is 1. The highest BCUT2D eigenvalue weighted by atomic mass is 16.2. The van der Waals surface area contributed by atoms with Gasteiger partial charge in [0.15, 0.2) is 0 Å². The Morgan fingerprint density at radius 1 is 1.12 bits per heavy atom. The van der Waals surface area contributed by atoms with Crippen molar-refractivity contribution in [2.45, 2.75) is 18.8 Å². The minimum Gasteiger partial charge on any atom is -0.355 e. The van der Waals surface area contributed by atoms with Crippen molar-refractivity contribution in [3.05, 3.63) is 58.5 Å². The number of hydrogen-bond acceptors (Lipinski definition) is 2. The number of rotatable bonds is 2. The molecule has 1 aliphatic rings. The van der Waals surface area contributed by atoms with Crippen LogP contribution >= 0.6 is 0 Å². The average Bonchev–Trinajstić information content (AvgIpc) is 3.11. The van der Waals surface area contributed by atoms with Gasteiger partial charge in [0.2, 0.25) is 5.91 Å². The molecule has 2 N–H and O–H groups in total. The second kappa shape index (κ2) is 5.09. The molecule has 0 bridgehead atoms. The van der Waals surface area contributed by atoms with E-state index in [4.69, 9.17) is 0 Å². The summed E-state index contributed by atoms with van der Waals surface area (Å²) in [4.78, 5) is 27.6. The Bertz CT molecular complexity index is 1010. The lowest BCUT2D eigenvalue weighted by molar-refractivity contribution is -0.123. The van der Waals surface area contributed by atoms with Crippen molar-refractivity contribution in [1.82, 2.24) is 14.9 Å². The third-order valence-electron chi connectivity index (χ3n) is 5.11. The van der Waals surface area contributed by atoms with Gasteiger partial charge in [-0.3, -0.25) is 9.59 Å². The SMILES string of the molecule is Cn1ccc2cc(-c3ccc([C@@]4(C)CCNC4=O)c(=O)[nH]3)ccc21. The van der Waals surface area contributed by atoms with Gasteiger partial charge >= 0.3 is 0 Å². The number of nitrogens with zero attached hydrogens (tertiary/aromatic N) is 1. The molecule has 1 amide bonds. The molecule has 24 heavy (non-hydrogen) atoms. The summed E-state index contributed by atoms with van der Waals surface area (Å²) in [5.41, 5.74) is 2.46. The van der Waals surface area contributed by atoms with E-state index in [0.29, 0.717) is 18.5 Å². The van der Waals surface area contributed by atoms with Crippen LogP contribution in [0.2, 0.25) is 0 Å². The topological polar surface area (TPSA) is 66.9 Å². The van der Waals surface area contributed by atoms with Gasteiger partial charge in [0.1, 0.15) is 0 Å². The second-order valence-electron chi connectivity index (χ2n) is 6.65. The molecule has 3 heterocycles. The summed E-state index contributed by atoms with van der Waals surface area (Å²) in [7, 11) is 2.01. The van der Waals surface area contributed by atoms with Gasteiger partial charge in [0.05, 0.1) is 5.41 Å². The predicted molar refractivity (Wildman–Crippen MR) is 94.0 cm³/mol. The molecule has 3 aromatic rings. The largest absolute Gasteiger partial charge is 0.355 e. The molecule has 1 atom stereocenters. The molecule has 5 nitrogen and oxygen atoms in total. The van der Waals surface area contributed by atoms with Crippen LogP contribution in [0.4, 0.5) is 0 Å². The van der Waals surface area contributed by atoms with Gasteiger partial charge in [-0.05, 0) is 43.2 Å². The lowest BCUT2D eigenvalue weighted by Crippen LogP contribution is -2.37. The highest BCUT2D eigenvalue weighted by Crippen LogP contribution is 2.30. The van der Waals surface area contributed by atoms with E-state index in [1.54, 1.807) is 6.07 Å². The summed E-state index contributed by atoms with van der Waals surface area (Å²) in [5, 5.41) is 3.94. The minimum absolute atomic E-state index is 0.0774. The maximum Gasteiger partial charge on any atom is 0.252 e. The third-order valence-corrected chi connectivity index (χ3v) is 5.11. The van der Waals surface area contributed by atoms with E-state index in [0.717, 1.165) is 22.2 Å². The molecule has 0 spiro atoms. The Hall–Kier alpha value is -2.82. The standard InChI is InChI=1S/C19H19N3O2/c1-19(8-9-20-18(19)24)14-4-5-15(21-17(14)23)12-3-6-16-13(11-12)7-10-22(16)2/h3-7,10-11H,8-9H2,1-2H3,(H,20,24)(H,21,23)/t19-/m1/s1. The number of nitrogens with one attached hydrogen (secondary N) is 2. The zero-order valence-corrected chi connectivity index (χ0v) is 13.7. The van der Waals surface area contributed by atoms with Crippen molar-refractivity contribution in [2.24, 2.45) is 7.05 Å². The molecule has 0 unspecified atom stereocenters. The first-order valence-corrected chi connectivity index (χ1v) is 8.07. The number of carbonyl (C=O) groups excluding carboxylic acids is 1. The highest BCUT2D eigenvalue weighted by molar-refractivity contribution is 5.90. The van der Waals surface area contributed by atoms with Gasteiger partial charge in [-0.15, -0.1) is 0 Å². The Morgan fingerprint density at radius 3 is 2.67 bits per heavy atom. The molecule has 1 aliphatic heterocycles. The molecule has 2 aromatic heterocycles. The van der Waals surface area contributed by atoms with Crippen molar-refractivity contribution in [2.75, 3.05) is 6.54 Å². The molecule has 1 fully saturated rings. The van der Waals surface area contributed by atoms with E-state index in [1.807, 2.05) is 38.4 Å². The fourth-order valence-electron chi connectivity index (χ4n) is 3.52. The Labute approximate surface area is 139 Å². The minimum atomic E-state index is -0.741. The van der Waals surface area contributed by atoms with E-state index in [9.17, 15) is 9.59 Å². The number of amides is 1. The van der Waals surface area contributed by atoms with Crippen LogP contribution in [0.5, 0.6) is 0 Å². The van der Waals surface area contributed by atoms with Crippen molar-refractivity contribution < 1.29 is 4.79 Å². The van der Waals surface area contributed by atoms with Crippen LogP contribution in [-0.2, 0) is 17.3 Å². The van der Waals surface area contributed by atoms with Crippen molar-refractivity contribution >= 4 is 16.8 Å². The van der Waals surface area contributed by atoms with Crippen molar-refractivity contribution in [3.63, 3.8) is 0 Å². The Kier molecular flexibility index (Phi) is 3.13. The number of aromatic nitrogens is 2. The van der Waals surface area contributed by atoms with Crippen molar-refractivity contribution in [3.8, 4) is 11.3 Å². The third kappa shape index (κ3) is 2.08. The van der Waals surface area contributed by atoms with Gasteiger partial charge in [-0.2, -0.15) is 0 Å². The quantitative estimate of drug-likeness (QED) is 0.760. The van der Waals surface area contributed by atoms with E-state index in [1.165, 1.54) is 0 Å². The molecular formula is C19H19N3O2. The zero-order valence-electron chi connectivity index (χ0n) is 13.7. The number of H-pyrrole nitrogens is 1. The highest BCUT2D eigenvalue weighted by Gasteiger charge is 2.41. The molecular weight excluding hydrogens is 302 g/mol. The maximum atomic E-state index is 12.6. The lowest BCUT2D eigenvalue weighted by atomic mass is 9.81. The van der Waals surface area contributed by atoms with E-state index >= 15 is 0 Å². The summed E-state index contributed by atoms with van der Waals surface area (Å²) in [6.07, 6.45) is 2.66. The van der Waals surface area contributed by atoms with Crippen LogP contribution in [-0.4, -0.2) is 22.0 Å². The van der Waals surface area contributed by atoms with Gasteiger partial charge in [0, 0.05) is 41.9 Å². The van der Waals surface area contributed by atoms with Gasteiger partial charge in [-0.1, -0.05) is 12.1 Å². The van der Waals surface area contributed by atoms with Crippen LogP contribution < -0.4 is 10.9 Å². The summed E-state index contributed by atoms with van der Waals surface area (Å²) in [6, 6.07) is 11.8. The summed E-state index contributed by atoms with van der Waals surface area (Å²) in [6.45, 7) is 2.44. The zero-order chi connectivity index (χ0) is 16.9. The average molecular weight is 321 g/mol. The fraction of sp³-hybridized carbons (Fsp3) is 0.263. The van der Waals surface area contributed by atoms with Crippen LogP contribution in [0, 0.1) is 0 Å². The molecule has 4 rings (SSSR count). The Balaban J connectivity index is 1.78. The van der Waals surface area contributed by atoms with Crippen molar-refractivity contribution in [1.29, 1.82) is 0 Å². The number of benzene rings is 1. The summed E-state index contributed by atoms with van der Waals surface area (Å²) in [5.74, 6) is -0.0774. The first-order valence-electron chi connectivity index (χ1n) is 8.07. The monoisotopic (exact) mass is 321 g/mol. The van der Waals surface area contributed by atoms with Crippen LogP contribution in [0.25, 0.3) is 22.2 Å². The normalized spacial score (nSPS) is 20.5. The Morgan fingerprint density at radius 2 is 1.96 bits per heavy atom. The van der Waals surface area contributed by atoms with E-state index < -0.39 is 5.41 Å². The molecule has 0 aliphatic carbocycles. The predicted octanol–water partition coefficient (Wildman–Crippen LogP) is 2.31. The molecule has 5 heteroatoms. The van der Waals surface area contributed by atoms with E-state index in [2.05, 4.69) is 27.0 Å². The number of carbonyl (C=O) groups is 1. The molecule has 0 radical (unpaired) electrons. The van der Waals surface area contributed by atoms with Crippen LogP contribution in [0.15, 0.2) is 47.4 Å². The lowest BCUT2D eigenvalue weighted by Gasteiger charge is -2.20. The summed E-state index contributed by atoms with van der Waals surface area (Å²) >= 11 is 0. The molecule has 0 saturated carbocycles. The van der Waals surface area contributed by atoms with Gasteiger partial charge in [0.25, 0.3) is 5.56 Å². The maximum absolute atomic E-state index is 12.6. The smallest absolute Gasteiger partial charge is 0.252 e. The van der Waals surface area contributed by atoms with E-state index in [-0.39, 0.29) is 11.5 Å². The number of aryl methyl sites for hydroxylation is 1.